The van der Waals surface area contributed by atoms with Gasteiger partial charge in [-0.15, -0.1) is 0 Å². The summed E-state index contributed by atoms with van der Waals surface area (Å²) in [5.41, 5.74) is 5.08. The van der Waals surface area contributed by atoms with Gasteiger partial charge in [0.2, 0.25) is 5.75 Å². The van der Waals surface area contributed by atoms with E-state index in [2.05, 4.69) is 30.8 Å². The number of phenolic OH excluding ortho intramolecular Hbond substituents is 9. The van der Waals surface area contributed by atoms with Crippen LogP contribution in [0.25, 0.3) is 82.5 Å². The summed E-state index contributed by atoms with van der Waals surface area (Å²) in [6.45, 7) is 5.43. The molecule has 0 bridgehead atoms. The van der Waals surface area contributed by atoms with Gasteiger partial charge in [-0.05, 0) is 88.8 Å². The number of allylic oxidation sites excluding steroid dienone is 2. The number of hydrogen-bond donors (Lipinski definition) is 9. The molecule has 0 aliphatic heterocycles. The van der Waals surface area contributed by atoms with Crippen LogP contribution in [0.4, 0.5) is 11.4 Å². The van der Waals surface area contributed by atoms with E-state index in [9.17, 15) is 46.0 Å². The molecular formula is C53H39NO11. The van der Waals surface area contributed by atoms with Crippen molar-refractivity contribution in [2.24, 2.45) is 0 Å². The molecule has 65 heavy (non-hydrogen) atoms. The number of rotatable bonds is 9. The van der Waals surface area contributed by atoms with E-state index in [0.29, 0.717) is 16.8 Å². The molecule has 10 aromatic rings. The Morgan fingerprint density at radius 1 is 0.554 bits per heavy atom. The summed E-state index contributed by atoms with van der Waals surface area (Å²) in [4.78, 5) is 1.96. The quantitative estimate of drug-likeness (QED) is 0.0377. The first kappa shape index (κ1) is 40.2. The molecule has 0 aliphatic rings. The van der Waals surface area contributed by atoms with Crippen LogP contribution in [0.15, 0.2) is 143 Å². The van der Waals surface area contributed by atoms with Crippen molar-refractivity contribution in [1.82, 2.24) is 0 Å². The third kappa shape index (κ3) is 6.38. The van der Waals surface area contributed by atoms with E-state index in [4.69, 9.17) is 8.83 Å². The molecule has 0 aliphatic carbocycles. The van der Waals surface area contributed by atoms with E-state index in [-0.39, 0.29) is 68.8 Å². The summed E-state index contributed by atoms with van der Waals surface area (Å²) in [6.07, 6.45) is 3.41. The third-order valence-corrected chi connectivity index (χ3v) is 12.1. The van der Waals surface area contributed by atoms with E-state index in [0.717, 1.165) is 61.7 Å². The number of para-hydroxylation sites is 1. The highest BCUT2D eigenvalue weighted by Crippen LogP contribution is 2.57. The van der Waals surface area contributed by atoms with Gasteiger partial charge in [0.05, 0.1) is 21.9 Å². The van der Waals surface area contributed by atoms with E-state index in [1.165, 1.54) is 13.0 Å². The number of anilines is 2. The third-order valence-electron chi connectivity index (χ3n) is 12.1. The zero-order valence-electron chi connectivity index (χ0n) is 34.5. The van der Waals surface area contributed by atoms with Gasteiger partial charge in [0.25, 0.3) is 0 Å². The Morgan fingerprint density at radius 2 is 1.25 bits per heavy atom. The van der Waals surface area contributed by atoms with E-state index >= 15 is 0 Å². The molecule has 0 amide bonds. The van der Waals surface area contributed by atoms with Gasteiger partial charge in [0.1, 0.15) is 28.4 Å². The molecule has 0 radical (unpaired) electrons. The zero-order chi connectivity index (χ0) is 45.4. The lowest BCUT2D eigenvalue weighted by molar-refractivity contribution is 0.371. The maximum absolute atomic E-state index is 11.4. The SMILES string of the molecule is C=C/C=C(\CCN(c1ccc(-c2ccc3ccc4oc5ccccc5c4c3c2)cc1)c1cccc(-c2c(O)c(O)c(O)c3c2oc2c(O)c(C)c(O)c(O)c23)c1)c1c(O)cc(O)cc1O. The lowest BCUT2D eigenvalue weighted by atomic mass is 9.97. The topological polar surface area (TPSA) is 212 Å². The number of hydrogen-bond acceptors (Lipinski definition) is 12. The molecule has 8 aromatic carbocycles. The van der Waals surface area contributed by atoms with Crippen molar-refractivity contribution in [3.05, 3.63) is 145 Å². The Balaban J connectivity index is 1.10. The predicted molar refractivity (Wildman–Crippen MR) is 252 cm³/mol. The Morgan fingerprint density at radius 3 is 2.00 bits per heavy atom. The lowest BCUT2D eigenvalue weighted by Crippen LogP contribution is -2.19. The molecule has 12 nitrogen and oxygen atoms in total. The summed E-state index contributed by atoms with van der Waals surface area (Å²) < 4.78 is 12.2. The van der Waals surface area contributed by atoms with Crippen molar-refractivity contribution < 1.29 is 54.8 Å². The van der Waals surface area contributed by atoms with Crippen LogP contribution in [0.2, 0.25) is 0 Å². The number of aromatic hydroxyl groups is 9. The molecule has 12 heteroatoms. The number of fused-ring (bicyclic) bond motifs is 8. The maximum Gasteiger partial charge on any atom is 0.201 e. The van der Waals surface area contributed by atoms with E-state index in [1.54, 1.807) is 24.3 Å². The van der Waals surface area contributed by atoms with E-state index < -0.39 is 34.5 Å². The first-order chi connectivity index (χ1) is 31.3. The summed E-state index contributed by atoms with van der Waals surface area (Å²) in [5.74, 6) is -5.35. The average Bonchev–Trinajstić information content (AvgIpc) is 3.89. The standard InChI is InChI=1S/C53H39NO11/c1-3-7-29(41-37(56)24-34(55)25-38(41)57)20-21-54(32-17-14-27(15-18-32)30-13-12-28-16-19-40-43(36(28)23-30)35-10-4-5-11-39(35)64-40)33-9-6-8-31(22-33)42-48(60)51(63)50(62)44-45-49(61)46(58)26(2)47(59)53(45)65-52(42)44/h3-19,22-25,55-63H,1,20-21H2,2H3/b29-7+. The minimum absolute atomic E-state index is 0.0819. The highest BCUT2D eigenvalue weighted by atomic mass is 16.4. The van der Waals surface area contributed by atoms with Gasteiger partial charge in [0.15, 0.2) is 39.9 Å². The van der Waals surface area contributed by atoms with Crippen molar-refractivity contribution in [1.29, 1.82) is 0 Å². The Labute approximate surface area is 369 Å². The van der Waals surface area contributed by atoms with Crippen LogP contribution >= 0.6 is 0 Å². The van der Waals surface area contributed by atoms with Crippen LogP contribution in [-0.4, -0.2) is 52.5 Å². The zero-order valence-corrected chi connectivity index (χ0v) is 34.5. The van der Waals surface area contributed by atoms with Gasteiger partial charge in [-0.3, -0.25) is 0 Å². The highest BCUT2D eigenvalue weighted by Gasteiger charge is 2.30. The largest absolute Gasteiger partial charge is 0.508 e. The highest BCUT2D eigenvalue weighted by molar-refractivity contribution is 6.20. The molecule has 2 aromatic heterocycles. The molecule has 0 atom stereocenters. The van der Waals surface area contributed by atoms with Gasteiger partial charge in [0, 0.05) is 46.4 Å². The fourth-order valence-electron chi connectivity index (χ4n) is 8.91. The average molecular weight is 866 g/mol. The molecule has 0 fully saturated rings. The van der Waals surface area contributed by atoms with Crippen LogP contribution in [0.5, 0.6) is 51.7 Å². The number of nitrogens with zero attached hydrogens (tertiary/aromatic N) is 1. The Hall–Kier alpha value is -8.90. The summed E-state index contributed by atoms with van der Waals surface area (Å²) in [7, 11) is 0. The number of furan rings is 2. The molecular weight excluding hydrogens is 827 g/mol. The smallest absolute Gasteiger partial charge is 0.201 e. The van der Waals surface area contributed by atoms with Crippen molar-refractivity contribution >= 4 is 71.6 Å². The molecule has 0 spiro atoms. The molecule has 0 saturated carbocycles. The number of benzene rings is 8. The van der Waals surface area contributed by atoms with Crippen LogP contribution < -0.4 is 4.90 Å². The molecule has 9 N–H and O–H groups in total. The fourth-order valence-corrected chi connectivity index (χ4v) is 8.91. The van der Waals surface area contributed by atoms with E-state index in [1.807, 2.05) is 65.6 Å². The second kappa shape index (κ2) is 15.2. The fraction of sp³-hybridized carbons (Fsp3) is 0.0566. The predicted octanol–water partition coefficient (Wildman–Crippen LogP) is 12.4. The maximum atomic E-state index is 11.4. The van der Waals surface area contributed by atoms with Crippen molar-refractivity contribution in [3.8, 4) is 74.0 Å². The second-order valence-corrected chi connectivity index (χ2v) is 15.9. The molecule has 2 heterocycles. The first-order valence-corrected chi connectivity index (χ1v) is 20.5. The second-order valence-electron chi connectivity index (χ2n) is 15.9. The first-order valence-electron chi connectivity index (χ1n) is 20.5. The van der Waals surface area contributed by atoms with Gasteiger partial charge in [-0.2, -0.15) is 0 Å². The minimum atomic E-state index is -0.921. The summed E-state index contributed by atoms with van der Waals surface area (Å²) in [5, 5.41) is 102. The summed E-state index contributed by atoms with van der Waals surface area (Å²) in [6, 6.07) is 35.4. The Kier molecular flexibility index (Phi) is 9.38. The monoisotopic (exact) mass is 865 g/mol. The summed E-state index contributed by atoms with van der Waals surface area (Å²) >= 11 is 0. The van der Waals surface area contributed by atoms with Crippen molar-refractivity contribution in [2.75, 3.05) is 11.4 Å². The minimum Gasteiger partial charge on any atom is -0.508 e. The van der Waals surface area contributed by atoms with Crippen LogP contribution in [0.1, 0.15) is 17.5 Å². The van der Waals surface area contributed by atoms with Crippen molar-refractivity contribution in [2.45, 2.75) is 13.3 Å². The van der Waals surface area contributed by atoms with Gasteiger partial charge >= 0.3 is 0 Å². The molecule has 10 rings (SSSR count). The normalized spacial score (nSPS) is 12.0. The lowest BCUT2D eigenvalue weighted by Gasteiger charge is -2.27. The van der Waals surface area contributed by atoms with Gasteiger partial charge < -0.3 is 59.7 Å². The number of phenols is 9. The molecule has 0 unspecified atom stereocenters. The Bertz CT molecular complexity index is 3610. The van der Waals surface area contributed by atoms with Gasteiger partial charge in [-0.25, -0.2) is 0 Å². The molecule has 0 saturated heterocycles. The van der Waals surface area contributed by atoms with Crippen LogP contribution in [0, 0.1) is 6.92 Å². The van der Waals surface area contributed by atoms with Crippen LogP contribution in [-0.2, 0) is 0 Å². The van der Waals surface area contributed by atoms with Crippen LogP contribution in [0.3, 0.4) is 0 Å². The molecule has 322 valence electrons. The van der Waals surface area contributed by atoms with Crippen molar-refractivity contribution in [3.63, 3.8) is 0 Å². The van der Waals surface area contributed by atoms with Gasteiger partial charge in [-0.1, -0.05) is 79.4 Å².